The molecule has 0 spiro atoms. The number of nitrogens with zero attached hydrogens (tertiary/aromatic N) is 2. The van der Waals surface area contributed by atoms with Gasteiger partial charge in [-0.1, -0.05) is 13.3 Å². The number of hydrogen-bond acceptors (Lipinski definition) is 3. The van der Waals surface area contributed by atoms with E-state index < -0.39 is 9.73 Å². The first-order valence-electron chi connectivity index (χ1n) is 3.20. The Kier molecular flexibility index (Phi) is 4.05. The van der Waals surface area contributed by atoms with Crippen LogP contribution in [0.3, 0.4) is 0 Å². The van der Waals surface area contributed by atoms with Gasteiger partial charge in [-0.05, 0) is 6.42 Å². The van der Waals surface area contributed by atoms with Crippen molar-refractivity contribution in [2.24, 2.45) is 4.36 Å². The predicted molar refractivity (Wildman–Crippen MR) is 41.9 cm³/mol. The molecule has 0 N–H and O–H groups in total. The Labute approximate surface area is 62.2 Å². The molecule has 0 aromatic heterocycles. The third-order valence-corrected chi connectivity index (χ3v) is 2.62. The summed E-state index contributed by atoms with van der Waals surface area (Å²) in [5, 5.41) is 8.11. The quantitative estimate of drug-likeness (QED) is 0.585. The van der Waals surface area contributed by atoms with E-state index in [-0.39, 0.29) is 0 Å². The van der Waals surface area contributed by atoms with Crippen LogP contribution in [0.5, 0.6) is 0 Å². The molecule has 1 atom stereocenters. The largest absolute Gasteiger partial charge is 0.249 e. The molecule has 0 aromatic carbocycles. The monoisotopic (exact) mass is 160 g/mol. The molecule has 0 fully saturated rings. The van der Waals surface area contributed by atoms with E-state index in [2.05, 4.69) is 4.36 Å². The lowest BCUT2D eigenvalue weighted by Crippen LogP contribution is -2.01. The lowest BCUT2D eigenvalue weighted by molar-refractivity contribution is 0.677. The van der Waals surface area contributed by atoms with Gasteiger partial charge in [0.1, 0.15) is 0 Å². The van der Waals surface area contributed by atoms with E-state index >= 15 is 0 Å². The lowest BCUT2D eigenvalue weighted by atomic mass is 10.4. The normalized spacial score (nSPS) is 15.3. The van der Waals surface area contributed by atoms with Crippen molar-refractivity contribution in [3.8, 4) is 6.19 Å². The molecule has 0 amide bonds. The number of rotatable bonds is 3. The molecule has 0 saturated heterocycles. The first kappa shape index (κ1) is 9.44. The summed E-state index contributed by atoms with van der Waals surface area (Å²) in [6.07, 6.45) is 4.95. The summed E-state index contributed by atoms with van der Waals surface area (Å²) < 4.78 is 14.5. The molecule has 3 nitrogen and oxygen atoms in total. The Morgan fingerprint density at radius 2 is 2.30 bits per heavy atom. The first-order chi connectivity index (χ1) is 4.62. The Balaban J connectivity index is 4.05. The highest BCUT2D eigenvalue weighted by molar-refractivity contribution is 7.92. The summed E-state index contributed by atoms with van der Waals surface area (Å²) in [7, 11) is -2.18. The van der Waals surface area contributed by atoms with Crippen LogP contribution in [0.2, 0.25) is 0 Å². The van der Waals surface area contributed by atoms with Crippen LogP contribution in [0.25, 0.3) is 0 Å². The molecule has 0 aliphatic rings. The third kappa shape index (κ3) is 4.33. The van der Waals surface area contributed by atoms with E-state index in [4.69, 9.17) is 5.26 Å². The van der Waals surface area contributed by atoms with E-state index in [0.717, 1.165) is 12.8 Å². The van der Waals surface area contributed by atoms with Gasteiger partial charge in [-0.2, -0.15) is 5.26 Å². The van der Waals surface area contributed by atoms with Gasteiger partial charge in [0.25, 0.3) is 0 Å². The number of nitriles is 1. The van der Waals surface area contributed by atoms with Gasteiger partial charge in [0.2, 0.25) is 6.19 Å². The summed E-state index contributed by atoms with van der Waals surface area (Å²) in [5.74, 6) is 0.539. The molecule has 0 rings (SSSR count). The van der Waals surface area contributed by atoms with Crippen molar-refractivity contribution in [1.82, 2.24) is 0 Å². The maximum Gasteiger partial charge on any atom is 0.214 e. The van der Waals surface area contributed by atoms with Crippen LogP contribution in [-0.4, -0.2) is 16.2 Å². The maximum absolute atomic E-state index is 11.2. The minimum Gasteiger partial charge on any atom is -0.249 e. The van der Waals surface area contributed by atoms with Gasteiger partial charge >= 0.3 is 0 Å². The Morgan fingerprint density at radius 3 is 2.70 bits per heavy atom. The lowest BCUT2D eigenvalue weighted by Gasteiger charge is -1.96. The zero-order valence-corrected chi connectivity index (χ0v) is 7.15. The van der Waals surface area contributed by atoms with Crippen LogP contribution in [0.4, 0.5) is 0 Å². The van der Waals surface area contributed by atoms with Crippen LogP contribution >= 0.6 is 0 Å². The van der Waals surface area contributed by atoms with Gasteiger partial charge in [-0.25, -0.2) is 4.21 Å². The molecule has 4 heteroatoms. The van der Waals surface area contributed by atoms with Gasteiger partial charge in [0.05, 0.1) is 9.73 Å². The predicted octanol–water partition coefficient (Wildman–Crippen LogP) is 1.37. The van der Waals surface area contributed by atoms with Gasteiger partial charge in [0.15, 0.2) is 0 Å². The fourth-order valence-electron chi connectivity index (χ4n) is 0.544. The van der Waals surface area contributed by atoms with E-state index in [9.17, 15) is 4.21 Å². The minimum atomic E-state index is -2.18. The van der Waals surface area contributed by atoms with E-state index in [1.165, 1.54) is 6.26 Å². The zero-order valence-electron chi connectivity index (χ0n) is 6.33. The van der Waals surface area contributed by atoms with Crippen LogP contribution in [-0.2, 0) is 9.73 Å². The van der Waals surface area contributed by atoms with Crippen LogP contribution in [0.1, 0.15) is 19.8 Å². The zero-order chi connectivity index (χ0) is 8.04. The van der Waals surface area contributed by atoms with Crippen LogP contribution < -0.4 is 0 Å². The van der Waals surface area contributed by atoms with Crippen LogP contribution in [0.15, 0.2) is 4.36 Å². The second-order valence-electron chi connectivity index (χ2n) is 2.21. The molecule has 10 heavy (non-hydrogen) atoms. The first-order valence-corrected chi connectivity index (χ1v) is 5.29. The topological polar surface area (TPSA) is 53.2 Å². The molecular formula is C6H12N2OS. The van der Waals surface area contributed by atoms with Crippen molar-refractivity contribution in [3.63, 3.8) is 0 Å². The summed E-state index contributed by atoms with van der Waals surface area (Å²) in [6, 6.07) is 0. The number of unbranched alkanes of at least 4 members (excludes halogenated alkanes) is 1. The summed E-state index contributed by atoms with van der Waals surface area (Å²) in [4.78, 5) is 0. The van der Waals surface area contributed by atoms with Crippen molar-refractivity contribution < 1.29 is 4.21 Å². The van der Waals surface area contributed by atoms with Crippen molar-refractivity contribution in [1.29, 1.82) is 5.26 Å². The minimum absolute atomic E-state index is 0.539. The second-order valence-corrected chi connectivity index (χ2v) is 4.72. The van der Waals surface area contributed by atoms with Crippen molar-refractivity contribution in [3.05, 3.63) is 0 Å². The fourth-order valence-corrected chi connectivity index (χ4v) is 1.63. The molecule has 0 aliphatic carbocycles. The van der Waals surface area contributed by atoms with E-state index in [1.807, 2.05) is 6.92 Å². The Hall–Kier alpha value is -0.560. The average Bonchev–Trinajstić information content (AvgIpc) is 1.84. The smallest absolute Gasteiger partial charge is 0.214 e. The molecule has 0 aliphatic heterocycles. The highest BCUT2D eigenvalue weighted by atomic mass is 32.2. The molecule has 0 aromatic rings. The van der Waals surface area contributed by atoms with E-state index in [1.54, 1.807) is 6.19 Å². The molecule has 0 saturated carbocycles. The highest BCUT2D eigenvalue weighted by Gasteiger charge is 1.97. The van der Waals surface area contributed by atoms with Gasteiger partial charge in [-0.15, -0.1) is 4.36 Å². The van der Waals surface area contributed by atoms with Gasteiger partial charge < -0.3 is 0 Å². The Morgan fingerprint density at radius 1 is 1.70 bits per heavy atom. The standard InChI is InChI=1S/C6H12N2OS/c1-3-4-5-10(2,9)8-6-7/h3-5H2,1-2H3. The van der Waals surface area contributed by atoms with Gasteiger partial charge in [-0.3, -0.25) is 0 Å². The average molecular weight is 160 g/mol. The summed E-state index contributed by atoms with van der Waals surface area (Å²) >= 11 is 0. The highest BCUT2D eigenvalue weighted by Crippen LogP contribution is 1.96. The second kappa shape index (κ2) is 4.29. The van der Waals surface area contributed by atoms with Crippen molar-refractivity contribution >= 4 is 9.73 Å². The van der Waals surface area contributed by atoms with Crippen LogP contribution in [0, 0.1) is 11.5 Å². The van der Waals surface area contributed by atoms with Crippen molar-refractivity contribution in [2.75, 3.05) is 12.0 Å². The molecule has 0 heterocycles. The Bertz CT molecular complexity index is 233. The third-order valence-electron chi connectivity index (χ3n) is 1.11. The fraction of sp³-hybridized carbons (Fsp3) is 0.833. The van der Waals surface area contributed by atoms with E-state index in [0.29, 0.717) is 5.75 Å². The SMILES string of the molecule is CCCCS(C)(=O)=NC#N. The molecule has 1 unspecified atom stereocenters. The summed E-state index contributed by atoms with van der Waals surface area (Å²) in [5.41, 5.74) is 0. The molecule has 0 bridgehead atoms. The summed E-state index contributed by atoms with van der Waals surface area (Å²) in [6.45, 7) is 2.02. The molecular weight excluding hydrogens is 148 g/mol. The van der Waals surface area contributed by atoms with Crippen molar-refractivity contribution in [2.45, 2.75) is 19.8 Å². The molecule has 0 radical (unpaired) electrons. The molecule has 58 valence electrons. The maximum atomic E-state index is 11.2. The number of hydrogen-bond donors (Lipinski definition) is 0. The van der Waals surface area contributed by atoms with Gasteiger partial charge in [0, 0.05) is 12.0 Å².